The van der Waals surface area contributed by atoms with Crippen LogP contribution in [0.1, 0.15) is 6.92 Å². The molecule has 24 heavy (non-hydrogen) atoms. The highest BCUT2D eigenvalue weighted by molar-refractivity contribution is 7.14. The topological polar surface area (TPSA) is 14.2 Å². The third-order valence-electron chi connectivity index (χ3n) is 4.38. The molecule has 0 saturated heterocycles. The van der Waals surface area contributed by atoms with Crippen molar-refractivity contribution >= 4 is 22.2 Å². The molecule has 0 fully saturated rings. The molecule has 120 valence electrons. The van der Waals surface area contributed by atoms with Gasteiger partial charge in [-0.1, -0.05) is 30.3 Å². The minimum atomic E-state index is 0.901. The molecule has 2 aromatic heterocycles. The summed E-state index contributed by atoms with van der Waals surface area (Å²) in [6.07, 6.45) is 0. The molecule has 0 amide bonds. The van der Waals surface area contributed by atoms with E-state index in [1.807, 2.05) is 6.07 Å². The van der Waals surface area contributed by atoms with E-state index < -0.39 is 0 Å². The van der Waals surface area contributed by atoms with E-state index in [9.17, 15) is 0 Å². The molecule has 0 aliphatic carbocycles. The summed E-state index contributed by atoms with van der Waals surface area (Å²) >= 11 is 1.80. The molecule has 0 radical (unpaired) electrons. The van der Waals surface area contributed by atoms with Crippen LogP contribution in [0.25, 0.3) is 32.6 Å². The fraction of sp³-hybridized carbons (Fsp3) is 0.143. The number of ether oxygens (including phenoxy) is 1. The number of thiophene rings is 1. The van der Waals surface area contributed by atoms with Gasteiger partial charge in [-0.05, 0) is 53.8 Å². The minimum Gasteiger partial charge on any atom is -0.497 e. The molecule has 0 N–H and O–H groups in total. The summed E-state index contributed by atoms with van der Waals surface area (Å²) in [5, 5.41) is 3.46. The van der Waals surface area contributed by atoms with Crippen molar-refractivity contribution in [2.75, 3.05) is 7.11 Å². The molecule has 2 heterocycles. The van der Waals surface area contributed by atoms with Crippen LogP contribution in [0.2, 0.25) is 0 Å². The zero-order valence-corrected chi connectivity index (χ0v) is 14.6. The zero-order valence-electron chi connectivity index (χ0n) is 13.8. The SMILES string of the molecule is CCn1c(-c2cc(-c3ccccc3)cs2)cc2cc(OC)ccc21. The molecule has 2 aromatic carbocycles. The number of benzene rings is 2. The van der Waals surface area contributed by atoms with Gasteiger partial charge in [0.2, 0.25) is 0 Å². The largest absolute Gasteiger partial charge is 0.497 e. The third-order valence-corrected chi connectivity index (χ3v) is 5.34. The lowest BCUT2D eigenvalue weighted by molar-refractivity contribution is 0.415. The Labute approximate surface area is 145 Å². The predicted octanol–water partition coefficient (Wildman–Crippen LogP) is 6.07. The van der Waals surface area contributed by atoms with E-state index in [-0.39, 0.29) is 0 Å². The Balaban J connectivity index is 1.83. The Morgan fingerprint density at radius 1 is 0.958 bits per heavy atom. The van der Waals surface area contributed by atoms with Gasteiger partial charge in [-0.3, -0.25) is 0 Å². The van der Waals surface area contributed by atoms with E-state index in [1.54, 1.807) is 18.4 Å². The van der Waals surface area contributed by atoms with E-state index in [0.29, 0.717) is 0 Å². The molecule has 0 bridgehead atoms. The van der Waals surface area contributed by atoms with Crippen molar-refractivity contribution < 1.29 is 4.74 Å². The second kappa shape index (κ2) is 6.17. The predicted molar refractivity (Wildman–Crippen MR) is 103 cm³/mol. The minimum absolute atomic E-state index is 0.901. The van der Waals surface area contributed by atoms with Crippen molar-refractivity contribution in [3.63, 3.8) is 0 Å². The van der Waals surface area contributed by atoms with Gasteiger partial charge in [0, 0.05) is 17.4 Å². The number of nitrogens with zero attached hydrogens (tertiary/aromatic N) is 1. The highest BCUT2D eigenvalue weighted by Crippen LogP contribution is 2.36. The van der Waals surface area contributed by atoms with E-state index in [1.165, 1.54) is 32.6 Å². The van der Waals surface area contributed by atoms with Gasteiger partial charge in [-0.2, -0.15) is 0 Å². The molecule has 0 aliphatic rings. The van der Waals surface area contributed by atoms with Gasteiger partial charge in [0.25, 0.3) is 0 Å². The summed E-state index contributed by atoms with van der Waals surface area (Å²) in [5.74, 6) is 0.901. The van der Waals surface area contributed by atoms with Gasteiger partial charge in [-0.25, -0.2) is 0 Å². The first-order chi connectivity index (χ1) is 11.8. The van der Waals surface area contributed by atoms with Crippen molar-refractivity contribution in [1.82, 2.24) is 4.57 Å². The van der Waals surface area contributed by atoms with Crippen LogP contribution in [0.4, 0.5) is 0 Å². The first-order valence-corrected chi connectivity index (χ1v) is 8.99. The first-order valence-electron chi connectivity index (χ1n) is 8.11. The van der Waals surface area contributed by atoms with Crippen LogP contribution in [0.3, 0.4) is 0 Å². The first kappa shape index (κ1) is 15.0. The average molecular weight is 333 g/mol. The summed E-state index contributed by atoms with van der Waals surface area (Å²) in [6, 6.07) is 21.4. The zero-order chi connectivity index (χ0) is 16.5. The molecule has 0 spiro atoms. The van der Waals surface area contributed by atoms with Crippen LogP contribution in [-0.2, 0) is 6.54 Å². The Morgan fingerprint density at radius 3 is 2.54 bits per heavy atom. The maximum absolute atomic E-state index is 5.37. The Morgan fingerprint density at radius 2 is 1.79 bits per heavy atom. The van der Waals surface area contributed by atoms with Crippen LogP contribution in [-0.4, -0.2) is 11.7 Å². The number of methoxy groups -OCH3 is 1. The van der Waals surface area contributed by atoms with Crippen LogP contribution in [0.15, 0.2) is 66.0 Å². The average Bonchev–Trinajstić information content (AvgIpc) is 3.26. The van der Waals surface area contributed by atoms with Crippen LogP contribution >= 0.6 is 11.3 Å². The number of hydrogen-bond donors (Lipinski definition) is 0. The number of fused-ring (bicyclic) bond motifs is 1. The molecule has 0 unspecified atom stereocenters. The van der Waals surface area contributed by atoms with Gasteiger partial charge in [-0.15, -0.1) is 11.3 Å². The maximum Gasteiger partial charge on any atom is 0.119 e. The second-order valence-corrected chi connectivity index (χ2v) is 6.68. The van der Waals surface area contributed by atoms with Crippen LogP contribution in [0.5, 0.6) is 5.75 Å². The monoisotopic (exact) mass is 333 g/mol. The lowest BCUT2D eigenvalue weighted by Gasteiger charge is -2.06. The molecular formula is C21H19NOS. The van der Waals surface area contributed by atoms with Crippen molar-refractivity contribution in [3.05, 3.63) is 66.0 Å². The van der Waals surface area contributed by atoms with Crippen LogP contribution < -0.4 is 4.74 Å². The number of hydrogen-bond acceptors (Lipinski definition) is 2. The molecular weight excluding hydrogens is 314 g/mol. The van der Waals surface area contributed by atoms with E-state index in [0.717, 1.165) is 12.3 Å². The number of aromatic nitrogens is 1. The fourth-order valence-electron chi connectivity index (χ4n) is 3.17. The summed E-state index contributed by atoms with van der Waals surface area (Å²) in [5.41, 5.74) is 5.07. The lowest BCUT2D eigenvalue weighted by Crippen LogP contribution is -1.95. The smallest absolute Gasteiger partial charge is 0.119 e. The van der Waals surface area contributed by atoms with Gasteiger partial charge < -0.3 is 9.30 Å². The standard InChI is InChI=1S/C21H19NOS/c1-3-22-19-10-9-18(23-2)11-16(19)12-20(22)21-13-17(14-24-21)15-7-5-4-6-8-15/h4-14H,3H2,1-2H3. The maximum atomic E-state index is 5.37. The summed E-state index contributed by atoms with van der Waals surface area (Å²) in [6.45, 7) is 3.14. The van der Waals surface area contributed by atoms with E-state index in [2.05, 4.69) is 71.5 Å². The van der Waals surface area contributed by atoms with Crippen molar-refractivity contribution in [2.45, 2.75) is 13.5 Å². The highest BCUT2D eigenvalue weighted by Gasteiger charge is 2.13. The number of rotatable bonds is 4. The van der Waals surface area contributed by atoms with Crippen molar-refractivity contribution in [1.29, 1.82) is 0 Å². The Hall–Kier alpha value is -2.52. The van der Waals surface area contributed by atoms with E-state index in [4.69, 9.17) is 4.74 Å². The summed E-state index contributed by atoms with van der Waals surface area (Å²) < 4.78 is 7.74. The normalized spacial score (nSPS) is 11.1. The molecule has 4 aromatic rings. The fourth-order valence-corrected chi connectivity index (χ4v) is 4.12. The van der Waals surface area contributed by atoms with Crippen molar-refractivity contribution in [3.8, 4) is 27.4 Å². The second-order valence-electron chi connectivity index (χ2n) is 5.76. The Kier molecular flexibility index (Phi) is 3.87. The van der Waals surface area contributed by atoms with Gasteiger partial charge in [0.1, 0.15) is 5.75 Å². The lowest BCUT2D eigenvalue weighted by atomic mass is 10.1. The third kappa shape index (κ3) is 2.51. The summed E-state index contributed by atoms with van der Waals surface area (Å²) in [4.78, 5) is 1.30. The van der Waals surface area contributed by atoms with Gasteiger partial charge >= 0.3 is 0 Å². The molecule has 4 rings (SSSR count). The van der Waals surface area contributed by atoms with Gasteiger partial charge in [0.15, 0.2) is 0 Å². The van der Waals surface area contributed by atoms with Gasteiger partial charge in [0.05, 0.1) is 17.7 Å². The molecule has 3 heteroatoms. The quantitative estimate of drug-likeness (QED) is 0.442. The van der Waals surface area contributed by atoms with Crippen molar-refractivity contribution in [2.24, 2.45) is 0 Å². The number of aryl methyl sites for hydroxylation is 1. The van der Waals surface area contributed by atoms with Crippen LogP contribution in [0, 0.1) is 0 Å². The Bertz CT molecular complexity index is 982. The molecule has 0 atom stereocenters. The summed E-state index contributed by atoms with van der Waals surface area (Å²) in [7, 11) is 1.71. The highest BCUT2D eigenvalue weighted by atomic mass is 32.1. The van der Waals surface area contributed by atoms with E-state index >= 15 is 0 Å². The molecule has 0 aliphatic heterocycles. The molecule has 0 saturated carbocycles. The molecule has 2 nitrogen and oxygen atoms in total.